The van der Waals surface area contributed by atoms with Crippen LogP contribution in [0.1, 0.15) is 34.6 Å². The summed E-state index contributed by atoms with van der Waals surface area (Å²) >= 11 is 0. The largest absolute Gasteiger partial charge is 0.389 e. The van der Waals surface area contributed by atoms with Crippen molar-refractivity contribution in [3.8, 4) is 0 Å². The number of hydrogen-bond donors (Lipinski definition) is 1. The first kappa shape index (κ1) is 12.0. The van der Waals surface area contributed by atoms with Crippen LogP contribution in [0.15, 0.2) is 0 Å². The van der Waals surface area contributed by atoms with E-state index >= 15 is 0 Å². The van der Waals surface area contributed by atoms with E-state index in [9.17, 15) is 5.11 Å². The minimum Gasteiger partial charge on any atom is -0.389 e. The lowest BCUT2D eigenvalue weighted by Gasteiger charge is -2.32. The average Bonchev–Trinajstić information content (AvgIpc) is 2.29. The highest BCUT2D eigenvalue weighted by molar-refractivity contribution is 4.86. The molecule has 1 aliphatic heterocycles. The lowest BCUT2D eigenvalue weighted by Crippen LogP contribution is -2.43. The fraction of sp³-hybridized carbons (Fsp3) is 1.00. The molecule has 0 radical (unpaired) electrons. The molecule has 0 amide bonds. The molecule has 3 unspecified atom stereocenters. The third-order valence-corrected chi connectivity index (χ3v) is 3.85. The summed E-state index contributed by atoms with van der Waals surface area (Å²) in [7, 11) is 0. The van der Waals surface area contributed by atoms with Crippen LogP contribution in [0.2, 0.25) is 0 Å². The standard InChI is InChI=1S/C12H25NO/c1-9(2)12(5,14)8-13-6-10(3)11(4)7-13/h9-11,14H,6-8H2,1-5H3. The molecule has 0 aliphatic carbocycles. The first-order chi connectivity index (χ1) is 6.33. The van der Waals surface area contributed by atoms with Crippen molar-refractivity contribution < 1.29 is 5.11 Å². The van der Waals surface area contributed by atoms with Crippen LogP contribution >= 0.6 is 0 Å². The maximum Gasteiger partial charge on any atom is 0.0768 e. The Bertz CT molecular complexity index is 179. The van der Waals surface area contributed by atoms with Crippen LogP contribution in [-0.4, -0.2) is 35.2 Å². The zero-order valence-electron chi connectivity index (χ0n) is 10.2. The van der Waals surface area contributed by atoms with Gasteiger partial charge >= 0.3 is 0 Å². The molecule has 14 heavy (non-hydrogen) atoms. The lowest BCUT2D eigenvalue weighted by atomic mass is 9.92. The molecular weight excluding hydrogens is 174 g/mol. The maximum atomic E-state index is 10.2. The summed E-state index contributed by atoms with van der Waals surface area (Å²) in [5.74, 6) is 1.88. The summed E-state index contributed by atoms with van der Waals surface area (Å²) < 4.78 is 0. The van der Waals surface area contributed by atoms with Gasteiger partial charge in [-0.15, -0.1) is 0 Å². The monoisotopic (exact) mass is 199 g/mol. The molecule has 3 atom stereocenters. The molecule has 0 saturated carbocycles. The van der Waals surface area contributed by atoms with E-state index in [1.807, 2.05) is 6.92 Å². The number of nitrogens with zero attached hydrogens (tertiary/aromatic N) is 1. The SMILES string of the molecule is CC1CN(CC(C)(O)C(C)C)CC1C. The Morgan fingerprint density at radius 2 is 1.71 bits per heavy atom. The molecule has 0 aromatic heterocycles. The fourth-order valence-electron chi connectivity index (χ4n) is 2.01. The summed E-state index contributed by atoms with van der Waals surface area (Å²) in [4.78, 5) is 2.40. The van der Waals surface area contributed by atoms with Gasteiger partial charge in [0.2, 0.25) is 0 Å². The number of hydrogen-bond acceptors (Lipinski definition) is 2. The second-order valence-corrected chi connectivity index (χ2v) is 5.66. The zero-order valence-corrected chi connectivity index (χ0v) is 10.2. The summed E-state index contributed by atoms with van der Waals surface area (Å²) in [6.07, 6.45) is 0. The van der Waals surface area contributed by atoms with E-state index in [1.54, 1.807) is 0 Å². The van der Waals surface area contributed by atoms with Gasteiger partial charge in [-0.25, -0.2) is 0 Å². The Morgan fingerprint density at radius 1 is 1.29 bits per heavy atom. The van der Waals surface area contributed by atoms with Gasteiger partial charge in [-0.1, -0.05) is 27.7 Å². The molecule has 1 saturated heterocycles. The van der Waals surface area contributed by atoms with Gasteiger partial charge in [0, 0.05) is 19.6 Å². The summed E-state index contributed by atoms with van der Waals surface area (Å²) in [5, 5.41) is 10.2. The van der Waals surface area contributed by atoms with E-state index in [-0.39, 0.29) is 0 Å². The molecule has 84 valence electrons. The highest BCUT2D eigenvalue weighted by atomic mass is 16.3. The molecule has 1 fully saturated rings. The zero-order chi connectivity index (χ0) is 10.9. The van der Waals surface area contributed by atoms with Crippen LogP contribution in [0, 0.1) is 17.8 Å². The fourth-order valence-corrected chi connectivity index (χ4v) is 2.01. The van der Waals surface area contributed by atoms with Crippen molar-refractivity contribution in [1.29, 1.82) is 0 Å². The van der Waals surface area contributed by atoms with Gasteiger partial charge in [0.1, 0.15) is 0 Å². The van der Waals surface area contributed by atoms with Crippen LogP contribution < -0.4 is 0 Å². The van der Waals surface area contributed by atoms with E-state index < -0.39 is 5.60 Å². The van der Waals surface area contributed by atoms with Crippen molar-refractivity contribution in [2.75, 3.05) is 19.6 Å². The van der Waals surface area contributed by atoms with E-state index in [2.05, 4.69) is 32.6 Å². The lowest BCUT2D eigenvalue weighted by molar-refractivity contribution is -0.0146. The molecular formula is C12H25NO. The smallest absolute Gasteiger partial charge is 0.0768 e. The van der Waals surface area contributed by atoms with Crippen molar-refractivity contribution in [2.45, 2.75) is 40.2 Å². The van der Waals surface area contributed by atoms with Gasteiger partial charge in [-0.2, -0.15) is 0 Å². The normalized spacial score (nSPS) is 33.6. The molecule has 0 aromatic carbocycles. The van der Waals surface area contributed by atoms with Gasteiger partial charge < -0.3 is 5.11 Å². The Morgan fingerprint density at radius 3 is 2.07 bits per heavy atom. The molecule has 2 heteroatoms. The van der Waals surface area contributed by atoms with Crippen LogP contribution in [0.4, 0.5) is 0 Å². The van der Waals surface area contributed by atoms with Gasteiger partial charge in [-0.3, -0.25) is 4.90 Å². The van der Waals surface area contributed by atoms with Crippen molar-refractivity contribution >= 4 is 0 Å². The number of rotatable bonds is 3. The van der Waals surface area contributed by atoms with E-state index in [0.29, 0.717) is 5.92 Å². The topological polar surface area (TPSA) is 23.5 Å². The van der Waals surface area contributed by atoms with Gasteiger partial charge in [-0.05, 0) is 24.7 Å². The Labute approximate surface area is 88.3 Å². The summed E-state index contributed by atoms with van der Waals surface area (Å²) in [5.41, 5.74) is -0.538. The first-order valence-corrected chi connectivity index (χ1v) is 5.77. The van der Waals surface area contributed by atoms with Crippen molar-refractivity contribution in [2.24, 2.45) is 17.8 Å². The highest BCUT2D eigenvalue weighted by Crippen LogP contribution is 2.25. The summed E-state index contributed by atoms with van der Waals surface area (Å²) in [6.45, 7) is 13.8. The van der Waals surface area contributed by atoms with E-state index in [0.717, 1.165) is 31.5 Å². The molecule has 1 heterocycles. The predicted octanol–water partition coefficient (Wildman–Crippen LogP) is 1.98. The van der Waals surface area contributed by atoms with Crippen molar-refractivity contribution in [3.05, 3.63) is 0 Å². The van der Waals surface area contributed by atoms with Gasteiger partial charge in [0.15, 0.2) is 0 Å². The Balaban J connectivity index is 2.46. The average molecular weight is 199 g/mol. The highest BCUT2D eigenvalue weighted by Gasteiger charge is 2.33. The molecule has 1 aliphatic rings. The van der Waals surface area contributed by atoms with Crippen molar-refractivity contribution in [3.63, 3.8) is 0 Å². The van der Waals surface area contributed by atoms with Crippen LogP contribution in [0.25, 0.3) is 0 Å². The minimum absolute atomic E-state index is 0.328. The van der Waals surface area contributed by atoms with Crippen molar-refractivity contribution in [1.82, 2.24) is 4.90 Å². The van der Waals surface area contributed by atoms with E-state index in [4.69, 9.17) is 0 Å². The third-order valence-electron chi connectivity index (χ3n) is 3.85. The number of likely N-dealkylation sites (tertiary alicyclic amines) is 1. The van der Waals surface area contributed by atoms with Crippen LogP contribution in [0.5, 0.6) is 0 Å². The van der Waals surface area contributed by atoms with Crippen LogP contribution in [-0.2, 0) is 0 Å². The number of β-amino-alcohol motifs (C(OH)–C–C–N with tert-alkyl or cyclic N) is 1. The van der Waals surface area contributed by atoms with Gasteiger partial charge in [0.25, 0.3) is 0 Å². The predicted molar refractivity (Wildman–Crippen MR) is 60.2 cm³/mol. The maximum absolute atomic E-state index is 10.2. The molecule has 0 bridgehead atoms. The quantitative estimate of drug-likeness (QED) is 0.751. The summed E-state index contributed by atoms with van der Waals surface area (Å²) in [6, 6.07) is 0. The van der Waals surface area contributed by atoms with Gasteiger partial charge in [0.05, 0.1) is 5.60 Å². The third kappa shape index (κ3) is 2.71. The Kier molecular flexibility index (Phi) is 3.59. The second-order valence-electron chi connectivity index (χ2n) is 5.66. The molecule has 1 rings (SSSR count). The molecule has 1 N–H and O–H groups in total. The van der Waals surface area contributed by atoms with E-state index in [1.165, 1.54) is 0 Å². The number of aliphatic hydroxyl groups is 1. The second kappa shape index (κ2) is 4.19. The first-order valence-electron chi connectivity index (χ1n) is 5.77. The van der Waals surface area contributed by atoms with Crippen LogP contribution in [0.3, 0.4) is 0 Å². The molecule has 0 aromatic rings. The minimum atomic E-state index is -0.538. The molecule has 0 spiro atoms. The Hall–Kier alpha value is -0.0800. The molecule has 2 nitrogen and oxygen atoms in total.